The Labute approximate surface area is 123 Å². The number of carbonyl (C=O) groups excluding carboxylic acids is 1. The number of nitrogens with two attached hydrogens (primary N) is 1. The summed E-state index contributed by atoms with van der Waals surface area (Å²) in [6, 6.07) is 0. The number of nitrogens with zero attached hydrogens (tertiary/aromatic N) is 1. The summed E-state index contributed by atoms with van der Waals surface area (Å²) in [5, 5.41) is 3.94. The highest BCUT2D eigenvalue weighted by molar-refractivity contribution is 7.19. The summed E-state index contributed by atoms with van der Waals surface area (Å²) < 4.78 is 10.7. The van der Waals surface area contributed by atoms with E-state index in [1.165, 1.54) is 23.3 Å². The normalized spacial score (nSPS) is 10.7. The summed E-state index contributed by atoms with van der Waals surface area (Å²) in [6.45, 7) is 5.18. The SMILES string of the molecule is COc1c(NCCOC(C)C)sc(C(=O)N(C)C)c1N. The van der Waals surface area contributed by atoms with Gasteiger partial charge in [-0.3, -0.25) is 4.79 Å². The number of nitrogen functional groups attached to an aromatic ring is 1. The number of thiophene rings is 1. The van der Waals surface area contributed by atoms with E-state index in [1.807, 2.05) is 13.8 Å². The molecule has 1 aromatic rings. The molecule has 0 unspecified atom stereocenters. The van der Waals surface area contributed by atoms with Gasteiger partial charge in [-0.15, -0.1) is 11.3 Å². The molecule has 20 heavy (non-hydrogen) atoms. The first kappa shape index (κ1) is 16.6. The molecule has 0 saturated heterocycles. The average Bonchev–Trinajstić information content (AvgIpc) is 2.69. The van der Waals surface area contributed by atoms with Gasteiger partial charge in [0, 0.05) is 20.6 Å². The van der Waals surface area contributed by atoms with Crippen molar-refractivity contribution in [1.29, 1.82) is 0 Å². The third-order valence-corrected chi connectivity index (χ3v) is 3.68. The molecule has 1 heterocycles. The molecule has 1 aromatic heterocycles. The summed E-state index contributed by atoms with van der Waals surface area (Å²) in [4.78, 5) is 14.0. The van der Waals surface area contributed by atoms with Crippen molar-refractivity contribution in [2.75, 3.05) is 45.4 Å². The fourth-order valence-electron chi connectivity index (χ4n) is 1.57. The van der Waals surface area contributed by atoms with Crippen LogP contribution >= 0.6 is 11.3 Å². The molecule has 0 saturated carbocycles. The number of carbonyl (C=O) groups is 1. The summed E-state index contributed by atoms with van der Waals surface area (Å²) in [6.07, 6.45) is 0.193. The number of methoxy groups -OCH3 is 1. The lowest BCUT2D eigenvalue weighted by atomic mass is 10.3. The van der Waals surface area contributed by atoms with Crippen LogP contribution < -0.4 is 15.8 Å². The third-order valence-electron chi connectivity index (χ3n) is 2.54. The second-order valence-corrected chi connectivity index (χ2v) is 5.77. The highest BCUT2D eigenvalue weighted by atomic mass is 32.1. The lowest BCUT2D eigenvalue weighted by Gasteiger charge is -2.09. The van der Waals surface area contributed by atoms with Crippen molar-refractivity contribution in [3.8, 4) is 5.75 Å². The van der Waals surface area contributed by atoms with Crippen LogP contribution in [0.5, 0.6) is 5.75 Å². The summed E-state index contributed by atoms with van der Waals surface area (Å²) in [5.74, 6) is 0.391. The molecule has 0 aliphatic rings. The average molecular weight is 301 g/mol. The maximum absolute atomic E-state index is 12.0. The molecular weight excluding hydrogens is 278 g/mol. The molecule has 7 heteroatoms. The van der Waals surface area contributed by atoms with E-state index in [0.717, 1.165) is 5.00 Å². The summed E-state index contributed by atoms with van der Waals surface area (Å²) in [5.41, 5.74) is 6.35. The van der Waals surface area contributed by atoms with Crippen LogP contribution in [0.25, 0.3) is 0 Å². The van der Waals surface area contributed by atoms with E-state index in [4.69, 9.17) is 15.2 Å². The van der Waals surface area contributed by atoms with E-state index in [9.17, 15) is 4.79 Å². The monoisotopic (exact) mass is 301 g/mol. The van der Waals surface area contributed by atoms with Crippen LogP contribution in [0.15, 0.2) is 0 Å². The molecule has 1 amide bonds. The minimum Gasteiger partial charge on any atom is -0.492 e. The van der Waals surface area contributed by atoms with Crippen molar-refractivity contribution < 1.29 is 14.3 Å². The molecular formula is C13H23N3O3S. The first-order valence-corrected chi connectivity index (χ1v) is 7.23. The fourth-order valence-corrected chi connectivity index (χ4v) is 2.71. The quantitative estimate of drug-likeness (QED) is 0.752. The van der Waals surface area contributed by atoms with Crippen molar-refractivity contribution in [3.05, 3.63) is 4.88 Å². The van der Waals surface area contributed by atoms with Crippen molar-refractivity contribution in [2.45, 2.75) is 20.0 Å². The Balaban J connectivity index is 2.80. The standard InChI is InChI=1S/C13H23N3O3S/c1-8(2)19-7-6-15-12-10(18-5)9(14)11(20-12)13(17)16(3)4/h8,15H,6-7,14H2,1-5H3. The van der Waals surface area contributed by atoms with Gasteiger partial charge in [0.05, 0.1) is 19.8 Å². The van der Waals surface area contributed by atoms with Crippen LogP contribution in [0.4, 0.5) is 10.7 Å². The van der Waals surface area contributed by atoms with E-state index in [1.54, 1.807) is 14.1 Å². The first-order valence-electron chi connectivity index (χ1n) is 6.41. The number of hydrogen-bond donors (Lipinski definition) is 2. The maximum Gasteiger partial charge on any atom is 0.265 e. The molecule has 0 radical (unpaired) electrons. The largest absolute Gasteiger partial charge is 0.492 e. The Kier molecular flexibility index (Phi) is 6.09. The predicted molar refractivity (Wildman–Crippen MR) is 82.9 cm³/mol. The Hall–Kier alpha value is -1.47. The zero-order valence-electron chi connectivity index (χ0n) is 12.6. The lowest BCUT2D eigenvalue weighted by molar-refractivity contribution is 0.0832. The molecule has 1 rings (SSSR count). The molecule has 6 nitrogen and oxygen atoms in total. The van der Waals surface area contributed by atoms with Gasteiger partial charge >= 0.3 is 0 Å². The smallest absolute Gasteiger partial charge is 0.265 e. The molecule has 3 N–H and O–H groups in total. The lowest BCUT2D eigenvalue weighted by Crippen LogP contribution is -2.21. The molecule has 0 aliphatic heterocycles. The van der Waals surface area contributed by atoms with Crippen molar-refractivity contribution >= 4 is 27.9 Å². The molecule has 0 bridgehead atoms. The van der Waals surface area contributed by atoms with Gasteiger partial charge in [0.15, 0.2) is 5.75 Å². The van der Waals surface area contributed by atoms with Crippen LogP contribution in [-0.4, -0.2) is 51.3 Å². The van der Waals surface area contributed by atoms with Gasteiger partial charge in [-0.1, -0.05) is 0 Å². The van der Waals surface area contributed by atoms with Gasteiger partial charge in [-0.25, -0.2) is 0 Å². The van der Waals surface area contributed by atoms with Crippen LogP contribution in [0.2, 0.25) is 0 Å². The maximum atomic E-state index is 12.0. The zero-order chi connectivity index (χ0) is 15.3. The van der Waals surface area contributed by atoms with Crippen LogP contribution in [0.3, 0.4) is 0 Å². The molecule has 0 aliphatic carbocycles. The number of anilines is 2. The molecule has 0 spiro atoms. The highest BCUT2D eigenvalue weighted by Gasteiger charge is 2.22. The predicted octanol–water partition coefficient (Wildman–Crippen LogP) is 1.88. The number of rotatable bonds is 7. The van der Waals surface area contributed by atoms with Gasteiger partial charge in [0.2, 0.25) is 0 Å². The molecule has 0 fully saturated rings. The number of ether oxygens (including phenoxy) is 2. The van der Waals surface area contributed by atoms with Crippen molar-refractivity contribution in [1.82, 2.24) is 4.90 Å². The van der Waals surface area contributed by atoms with Crippen LogP contribution in [0, 0.1) is 0 Å². The first-order chi connectivity index (χ1) is 9.38. The van der Waals surface area contributed by atoms with E-state index >= 15 is 0 Å². The number of amides is 1. The topological polar surface area (TPSA) is 76.8 Å². The highest BCUT2D eigenvalue weighted by Crippen LogP contribution is 2.42. The Bertz CT molecular complexity index is 458. The van der Waals surface area contributed by atoms with E-state index in [0.29, 0.717) is 29.5 Å². The van der Waals surface area contributed by atoms with E-state index in [2.05, 4.69) is 5.32 Å². The van der Waals surface area contributed by atoms with Crippen LogP contribution in [-0.2, 0) is 4.74 Å². The van der Waals surface area contributed by atoms with E-state index in [-0.39, 0.29) is 12.0 Å². The Morgan fingerprint density at radius 1 is 1.45 bits per heavy atom. The van der Waals surface area contributed by atoms with Gasteiger partial charge in [0.25, 0.3) is 5.91 Å². The molecule has 0 aromatic carbocycles. The summed E-state index contributed by atoms with van der Waals surface area (Å²) in [7, 11) is 4.92. The fraction of sp³-hybridized carbons (Fsp3) is 0.615. The van der Waals surface area contributed by atoms with Gasteiger partial charge in [-0.05, 0) is 13.8 Å². The minimum atomic E-state index is -0.128. The Morgan fingerprint density at radius 3 is 2.60 bits per heavy atom. The van der Waals surface area contributed by atoms with Crippen molar-refractivity contribution in [3.63, 3.8) is 0 Å². The van der Waals surface area contributed by atoms with Crippen molar-refractivity contribution in [2.24, 2.45) is 0 Å². The molecule has 114 valence electrons. The Morgan fingerprint density at radius 2 is 2.10 bits per heavy atom. The van der Waals surface area contributed by atoms with Gasteiger partial charge in [-0.2, -0.15) is 0 Å². The number of nitrogens with one attached hydrogen (secondary N) is 1. The second kappa shape index (κ2) is 7.35. The van der Waals surface area contributed by atoms with E-state index < -0.39 is 0 Å². The third kappa shape index (κ3) is 4.01. The molecule has 0 atom stereocenters. The van der Waals surface area contributed by atoms with Gasteiger partial charge < -0.3 is 25.4 Å². The summed E-state index contributed by atoms with van der Waals surface area (Å²) >= 11 is 1.30. The van der Waals surface area contributed by atoms with Crippen LogP contribution in [0.1, 0.15) is 23.5 Å². The second-order valence-electron chi connectivity index (χ2n) is 4.75. The minimum absolute atomic E-state index is 0.128. The zero-order valence-corrected chi connectivity index (χ0v) is 13.5. The van der Waals surface area contributed by atoms with Gasteiger partial charge in [0.1, 0.15) is 15.6 Å². The number of hydrogen-bond acceptors (Lipinski definition) is 6.